The van der Waals surface area contributed by atoms with Crippen LogP contribution in [-0.4, -0.2) is 23.2 Å². The number of aromatic carboxylic acids is 1. The van der Waals surface area contributed by atoms with Crippen LogP contribution in [0.15, 0.2) is 30.5 Å². The predicted molar refractivity (Wildman–Crippen MR) is 74.1 cm³/mol. The summed E-state index contributed by atoms with van der Waals surface area (Å²) in [5.41, 5.74) is 1.08. The average molecular weight is 278 g/mol. The average Bonchev–Trinajstić information content (AvgIpc) is 2.87. The first-order valence-electron chi connectivity index (χ1n) is 5.69. The Hall–Kier alpha value is -2.08. The molecule has 0 amide bonds. The van der Waals surface area contributed by atoms with Crippen molar-refractivity contribution in [3.05, 3.63) is 40.9 Å². The lowest BCUT2D eigenvalue weighted by Crippen LogP contribution is -2.05. The van der Waals surface area contributed by atoms with E-state index in [4.69, 9.17) is 9.84 Å². The molecule has 0 spiro atoms. The van der Waals surface area contributed by atoms with E-state index in [9.17, 15) is 4.79 Å². The summed E-state index contributed by atoms with van der Waals surface area (Å²) in [6.07, 6.45) is 1.36. The van der Waals surface area contributed by atoms with Gasteiger partial charge >= 0.3 is 5.97 Å². The highest BCUT2D eigenvalue weighted by Crippen LogP contribution is 2.24. The second kappa shape index (κ2) is 5.71. The van der Waals surface area contributed by atoms with Crippen LogP contribution >= 0.6 is 11.3 Å². The molecule has 2 rings (SSSR count). The number of ether oxygens (including phenoxy) is 1. The fourth-order valence-electron chi connectivity index (χ4n) is 1.60. The smallest absolute Gasteiger partial charge is 0.347 e. The van der Waals surface area contributed by atoms with Gasteiger partial charge in [-0.25, -0.2) is 9.78 Å². The molecule has 100 valence electrons. The molecule has 6 heteroatoms. The fraction of sp³-hybridized carbons (Fsp3) is 0.231. The van der Waals surface area contributed by atoms with E-state index in [1.165, 1.54) is 6.20 Å². The Balaban J connectivity index is 2.06. The molecule has 2 aromatic rings. The minimum absolute atomic E-state index is 0.0405. The zero-order valence-corrected chi connectivity index (χ0v) is 11.4. The molecule has 1 heterocycles. The summed E-state index contributed by atoms with van der Waals surface area (Å²) in [6, 6.07) is 7.74. The van der Waals surface area contributed by atoms with E-state index in [2.05, 4.69) is 10.3 Å². The van der Waals surface area contributed by atoms with E-state index in [1.807, 2.05) is 31.2 Å². The highest BCUT2D eigenvalue weighted by molar-refractivity contribution is 7.17. The molecule has 5 nitrogen and oxygen atoms in total. The van der Waals surface area contributed by atoms with Crippen LogP contribution in [0, 0.1) is 0 Å². The van der Waals surface area contributed by atoms with E-state index in [0.29, 0.717) is 5.13 Å². The molecular weight excluding hydrogens is 264 g/mol. The van der Waals surface area contributed by atoms with Crippen LogP contribution in [0.4, 0.5) is 5.13 Å². The summed E-state index contributed by atoms with van der Waals surface area (Å²) < 4.78 is 5.10. The van der Waals surface area contributed by atoms with Gasteiger partial charge in [0.25, 0.3) is 0 Å². The Bertz CT molecular complexity index is 566. The van der Waals surface area contributed by atoms with Crippen LogP contribution < -0.4 is 10.1 Å². The molecule has 1 aromatic heterocycles. The first kappa shape index (κ1) is 13.4. The van der Waals surface area contributed by atoms with Crippen molar-refractivity contribution in [2.75, 3.05) is 12.4 Å². The molecule has 2 N–H and O–H groups in total. The number of nitrogens with zero attached hydrogens (tertiary/aromatic N) is 1. The number of nitrogens with one attached hydrogen (secondary N) is 1. The van der Waals surface area contributed by atoms with Crippen molar-refractivity contribution >= 4 is 22.4 Å². The third kappa shape index (κ3) is 3.23. The van der Waals surface area contributed by atoms with Gasteiger partial charge in [0.1, 0.15) is 10.6 Å². The zero-order chi connectivity index (χ0) is 13.8. The van der Waals surface area contributed by atoms with E-state index in [0.717, 1.165) is 22.6 Å². The van der Waals surface area contributed by atoms with Gasteiger partial charge in [-0.3, -0.25) is 0 Å². The molecule has 0 saturated heterocycles. The first-order chi connectivity index (χ1) is 9.10. The van der Waals surface area contributed by atoms with Crippen molar-refractivity contribution < 1.29 is 14.6 Å². The highest BCUT2D eigenvalue weighted by atomic mass is 32.1. The quantitative estimate of drug-likeness (QED) is 0.879. The SMILES string of the molecule is COc1ccc(C(C)Nc2ncc(C(=O)O)s2)cc1. The van der Waals surface area contributed by atoms with E-state index >= 15 is 0 Å². The van der Waals surface area contributed by atoms with E-state index in [-0.39, 0.29) is 10.9 Å². The number of hydrogen-bond donors (Lipinski definition) is 2. The standard InChI is InChI=1S/C13H14N2O3S/c1-8(9-3-5-10(18-2)6-4-9)15-13-14-7-11(19-13)12(16)17/h3-8H,1-2H3,(H,14,15)(H,16,17). The molecule has 0 saturated carbocycles. The summed E-state index contributed by atoms with van der Waals surface area (Å²) in [7, 11) is 1.62. The van der Waals surface area contributed by atoms with Crippen LogP contribution in [0.2, 0.25) is 0 Å². The number of rotatable bonds is 5. The molecule has 19 heavy (non-hydrogen) atoms. The van der Waals surface area contributed by atoms with Crippen molar-refractivity contribution in [3.63, 3.8) is 0 Å². The Morgan fingerprint density at radius 1 is 1.42 bits per heavy atom. The molecule has 1 unspecified atom stereocenters. The molecular formula is C13H14N2O3S. The van der Waals surface area contributed by atoms with Gasteiger partial charge in [-0.15, -0.1) is 0 Å². The van der Waals surface area contributed by atoms with Gasteiger partial charge in [0, 0.05) is 0 Å². The molecule has 0 bridgehead atoms. The minimum atomic E-state index is -0.956. The van der Waals surface area contributed by atoms with Gasteiger partial charge in [-0.2, -0.15) is 0 Å². The van der Waals surface area contributed by atoms with Crippen molar-refractivity contribution in [1.82, 2.24) is 4.98 Å². The molecule has 1 atom stereocenters. The van der Waals surface area contributed by atoms with Gasteiger partial charge < -0.3 is 15.2 Å². The number of carboxylic acids is 1. The van der Waals surface area contributed by atoms with Crippen molar-refractivity contribution in [1.29, 1.82) is 0 Å². The van der Waals surface area contributed by atoms with Crippen LogP contribution in [0.5, 0.6) is 5.75 Å². The van der Waals surface area contributed by atoms with Gasteiger partial charge in [0.2, 0.25) is 0 Å². The summed E-state index contributed by atoms with van der Waals surface area (Å²) in [5.74, 6) is -0.152. The minimum Gasteiger partial charge on any atom is -0.497 e. The highest BCUT2D eigenvalue weighted by Gasteiger charge is 2.11. The molecule has 0 aliphatic heterocycles. The van der Waals surface area contributed by atoms with Crippen molar-refractivity contribution in [2.24, 2.45) is 0 Å². The number of carboxylic acid groups (broad SMARTS) is 1. The molecule has 0 aliphatic carbocycles. The Labute approximate surface area is 114 Å². The second-order valence-corrected chi connectivity index (χ2v) is 5.00. The maximum absolute atomic E-state index is 10.8. The number of carbonyl (C=O) groups is 1. The van der Waals surface area contributed by atoms with Crippen LogP contribution in [-0.2, 0) is 0 Å². The van der Waals surface area contributed by atoms with Crippen molar-refractivity contribution in [2.45, 2.75) is 13.0 Å². The van der Waals surface area contributed by atoms with Crippen molar-refractivity contribution in [3.8, 4) is 5.75 Å². The topological polar surface area (TPSA) is 71.5 Å². The fourth-order valence-corrected chi connectivity index (χ4v) is 2.34. The first-order valence-corrected chi connectivity index (χ1v) is 6.51. The summed E-state index contributed by atoms with van der Waals surface area (Å²) in [4.78, 5) is 15.0. The zero-order valence-electron chi connectivity index (χ0n) is 10.6. The summed E-state index contributed by atoms with van der Waals surface area (Å²) in [5, 5.41) is 12.6. The summed E-state index contributed by atoms with van der Waals surface area (Å²) >= 11 is 1.13. The van der Waals surface area contributed by atoms with Gasteiger partial charge in [-0.05, 0) is 24.6 Å². The monoisotopic (exact) mass is 278 g/mol. The third-order valence-electron chi connectivity index (χ3n) is 2.67. The van der Waals surface area contributed by atoms with Gasteiger partial charge in [0.05, 0.1) is 19.3 Å². The predicted octanol–water partition coefficient (Wildman–Crippen LogP) is 3.02. The number of thiazole rings is 1. The largest absolute Gasteiger partial charge is 0.497 e. The maximum Gasteiger partial charge on any atom is 0.347 e. The number of anilines is 1. The lowest BCUT2D eigenvalue weighted by molar-refractivity contribution is 0.0702. The molecule has 0 fully saturated rings. The Kier molecular flexibility index (Phi) is 4.01. The third-order valence-corrected chi connectivity index (χ3v) is 3.59. The van der Waals surface area contributed by atoms with Gasteiger partial charge in [-0.1, -0.05) is 23.5 Å². The maximum atomic E-state index is 10.8. The molecule has 0 radical (unpaired) electrons. The number of methoxy groups -OCH3 is 1. The molecule has 0 aliphatic rings. The second-order valence-electron chi connectivity index (χ2n) is 3.97. The number of benzene rings is 1. The van der Waals surface area contributed by atoms with Crippen LogP contribution in [0.1, 0.15) is 28.2 Å². The number of aromatic nitrogens is 1. The Morgan fingerprint density at radius 3 is 2.63 bits per heavy atom. The van der Waals surface area contributed by atoms with Crippen LogP contribution in [0.25, 0.3) is 0 Å². The molecule has 1 aromatic carbocycles. The lowest BCUT2D eigenvalue weighted by Gasteiger charge is -2.13. The number of hydrogen-bond acceptors (Lipinski definition) is 5. The lowest BCUT2D eigenvalue weighted by atomic mass is 10.1. The van der Waals surface area contributed by atoms with Crippen LogP contribution in [0.3, 0.4) is 0 Å². The van der Waals surface area contributed by atoms with E-state index in [1.54, 1.807) is 7.11 Å². The van der Waals surface area contributed by atoms with E-state index < -0.39 is 5.97 Å². The van der Waals surface area contributed by atoms with Gasteiger partial charge in [0.15, 0.2) is 5.13 Å². The Morgan fingerprint density at radius 2 is 2.11 bits per heavy atom. The normalized spacial score (nSPS) is 11.9. The summed E-state index contributed by atoms with van der Waals surface area (Å²) in [6.45, 7) is 1.99.